The van der Waals surface area contributed by atoms with Gasteiger partial charge in [-0.3, -0.25) is 29.6 Å². The standard InChI is InChI=1S/C53H70FN11O6S/c1-33-48(72-32-60-33)36-16-14-34(15-17-36)28-59-51(69)41-27-38(66)30-65(41)52(70)49(53(2,3)4)61-43(67)13-8-7-9-22-57-44(68)31-63-23-25-64(26-24-63)37-20-18-35(19-21-37)46(56-5)47-40(55)29-58-50(62-47)45-39(54)11-10-12-42(45)71-6/h10-12,14-16,18-21,29,32,36,38,41,49,51,59,66,69H,7-9,13,17,22-28,30-31,55H2,1-6H3,(H,57,68)(H,61,67)/t36?,38-,41+,49-,51?/m1/s1. The molecule has 2 aromatic heterocycles. The Balaban J connectivity index is 0.799. The van der Waals surface area contributed by atoms with Gasteiger partial charge in [0.15, 0.2) is 5.82 Å². The number of aromatic nitrogens is 3. The summed E-state index contributed by atoms with van der Waals surface area (Å²) in [6.07, 6.45) is 9.25. The molecule has 0 spiro atoms. The third-order valence-electron chi connectivity index (χ3n) is 13.5. The number of nitrogens with two attached hydrogens (primary N) is 1. The SMILES string of the molecule is CN=C(c1ccc(N2CCN(CC(=O)NCCCCCC(=O)N[C@H](C(=O)N3C[C@H](O)C[C@H]3C(O)NCC3=CCC(c4scnc4C)C=C3)C(C)(C)C)CC2)cc1)c1nc(-c2c(F)cccc2OC)ncc1N. The maximum atomic E-state index is 14.9. The monoisotopic (exact) mass is 1010 g/mol. The molecule has 2 aliphatic heterocycles. The molecular weight excluding hydrogens is 938 g/mol. The van der Waals surface area contributed by atoms with E-state index in [1.54, 1.807) is 30.5 Å². The van der Waals surface area contributed by atoms with Gasteiger partial charge in [0.2, 0.25) is 17.7 Å². The minimum absolute atomic E-state index is 0.0476. The molecule has 2 unspecified atom stereocenters. The van der Waals surface area contributed by atoms with Crippen molar-refractivity contribution < 1.29 is 33.7 Å². The number of aryl methyl sites for hydroxylation is 1. The maximum absolute atomic E-state index is 14.9. The summed E-state index contributed by atoms with van der Waals surface area (Å²) in [7, 11) is 3.11. The lowest BCUT2D eigenvalue weighted by Crippen LogP contribution is -2.58. The number of halogens is 1. The van der Waals surface area contributed by atoms with E-state index in [4.69, 9.17) is 10.5 Å². The molecule has 2 fully saturated rings. The van der Waals surface area contributed by atoms with Crippen LogP contribution in [0.15, 0.2) is 83.0 Å². The highest BCUT2D eigenvalue weighted by Gasteiger charge is 2.44. The molecule has 3 amide bonds. The first-order valence-corrected chi connectivity index (χ1v) is 25.7. The lowest BCUT2D eigenvalue weighted by molar-refractivity contribution is -0.142. The number of hydrogen-bond acceptors (Lipinski definition) is 15. The Kier molecular flexibility index (Phi) is 18.3. The number of hydrogen-bond donors (Lipinski definition) is 6. The number of nitrogens with one attached hydrogen (secondary N) is 3. The third-order valence-corrected chi connectivity index (χ3v) is 14.6. The fourth-order valence-electron chi connectivity index (χ4n) is 9.49. The molecule has 1 aliphatic carbocycles. The van der Waals surface area contributed by atoms with Crippen LogP contribution in [-0.4, -0.2) is 149 Å². The molecule has 0 bridgehead atoms. The van der Waals surface area contributed by atoms with Gasteiger partial charge in [0.25, 0.3) is 0 Å². The summed E-state index contributed by atoms with van der Waals surface area (Å²) in [5, 5.41) is 31.1. The van der Waals surface area contributed by atoms with E-state index in [1.807, 2.05) is 57.5 Å². The normalized spacial score (nSPS) is 19.5. The zero-order valence-corrected chi connectivity index (χ0v) is 43.1. The van der Waals surface area contributed by atoms with Crippen molar-refractivity contribution in [3.05, 3.63) is 106 Å². The minimum Gasteiger partial charge on any atom is -0.496 e. The van der Waals surface area contributed by atoms with E-state index in [1.165, 1.54) is 29.2 Å². The van der Waals surface area contributed by atoms with Gasteiger partial charge in [-0.2, -0.15) is 0 Å². The molecule has 3 aliphatic rings. The number of rotatable bonds is 20. The smallest absolute Gasteiger partial charge is 0.246 e. The van der Waals surface area contributed by atoms with Gasteiger partial charge < -0.3 is 41.1 Å². The van der Waals surface area contributed by atoms with E-state index in [0.29, 0.717) is 68.4 Å². The van der Waals surface area contributed by atoms with Gasteiger partial charge in [-0.25, -0.2) is 19.3 Å². The first kappa shape index (κ1) is 53.7. The number of aliphatic hydroxyl groups excluding tert-OH is 2. The Bertz CT molecular complexity index is 2610. The number of ether oxygens (including phenoxy) is 1. The molecule has 7 N–H and O–H groups in total. The molecule has 19 heteroatoms. The Hall–Kier alpha value is -6.12. The number of aliphatic imine (C=N–C) groups is 1. The number of β-amino-alcohol motifs (C(OH)–C–C–N with tert-alkyl or cyclic N) is 1. The number of piperazine rings is 1. The number of nitrogens with zero attached hydrogens (tertiary/aromatic N) is 7. The highest BCUT2D eigenvalue weighted by atomic mass is 32.1. The van der Waals surface area contributed by atoms with Crippen LogP contribution in [0.5, 0.6) is 5.75 Å². The number of benzene rings is 2. The molecular formula is C53H70FN11O6S. The molecule has 386 valence electrons. The molecule has 0 radical (unpaired) electrons. The maximum Gasteiger partial charge on any atom is 0.246 e. The minimum atomic E-state index is -1.08. The number of thiazole rings is 1. The predicted octanol–water partition coefficient (Wildman–Crippen LogP) is 4.98. The molecule has 0 saturated carbocycles. The van der Waals surface area contributed by atoms with Crippen molar-refractivity contribution in [1.82, 2.24) is 40.7 Å². The lowest BCUT2D eigenvalue weighted by Gasteiger charge is -2.37. The second-order valence-corrected chi connectivity index (χ2v) is 20.7. The number of carbonyl (C=O) groups is 3. The number of methoxy groups -OCH3 is 1. The second-order valence-electron chi connectivity index (χ2n) is 19.8. The molecule has 72 heavy (non-hydrogen) atoms. The number of amides is 3. The third kappa shape index (κ3) is 13.5. The first-order valence-electron chi connectivity index (χ1n) is 24.8. The molecule has 2 aromatic carbocycles. The number of anilines is 2. The van der Waals surface area contributed by atoms with E-state index < -0.39 is 35.6 Å². The average molecular weight is 1010 g/mol. The van der Waals surface area contributed by atoms with Crippen molar-refractivity contribution in [3.63, 3.8) is 0 Å². The molecule has 7 rings (SSSR count). The summed E-state index contributed by atoms with van der Waals surface area (Å²) < 4.78 is 20.3. The molecule has 4 heterocycles. The van der Waals surface area contributed by atoms with Crippen LogP contribution in [0.2, 0.25) is 0 Å². The van der Waals surface area contributed by atoms with Crippen molar-refractivity contribution in [2.24, 2.45) is 10.4 Å². The molecule has 5 atom stereocenters. The fraction of sp³-hybridized carbons (Fsp3) is 0.491. The van der Waals surface area contributed by atoms with Crippen molar-refractivity contribution in [2.45, 2.75) is 96.6 Å². The number of likely N-dealkylation sites (tertiary alicyclic amines) is 1. The van der Waals surface area contributed by atoms with Crippen molar-refractivity contribution in [2.75, 3.05) is 77.1 Å². The van der Waals surface area contributed by atoms with Crippen molar-refractivity contribution in [1.29, 1.82) is 0 Å². The summed E-state index contributed by atoms with van der Waals surface area (Å²) in [4.78, 5) is 65.2. The quantitative estimate of drug-likeness (QED) is 0.0391. The van der Waals surface area contributed by atoms with Crippen LogP contribution in [-0.2, 0) is 14.4 Å². The van der Waals surface area contributed by atoms with Gasteiger partial charge in [-0.1, -0.05) is 63.6 Å². The summed E-state index contributed by atoms with van der Waals surface area (Å²) in [5.41, 5.74) is 12.8. The van der Waals surface area contributed by atoms with Crippen LogP contribution in [0.3, 0.4) is 0 Å². The average Bonchev–Trinajstić information content (AvgIpc) is 3.99. The number of allylic oxidation sites excluding steroid dienone is 2. The highest BCUT2D eigenvalue weighted by Crippen LogP contribution is 2.34. The highest BCUT2D eigenvalue weighted by molar-refractivity contribution is 7.09. The lowest BCUT2D eigenvalue weighted by atomic mass is 9.85. The first-order chi connectivity index (χ1) is 34.5. The van der Waals surface area contributed by atoms with E-state index in [-0.39, 0.29) is 54.4 Å². The van der Waals surface area contributed by atoms with E-state index in [0.717, 1.165) is 48.4 Å². The summed E-state index contributed by atoms with van der Waals surface area (Å²) in [5.74, 6) is -0.412. The summed E-state index contributed by atoms with van der Waals surface area (Å²) in [6, 6.07) is 11.0. The number of unbranched alkanes of at least 4 members (excludes halogenated alkanes) is 2. The van der Waals surface area contributed by atoms with Gasteiger partial charge in [0.05, 0.1) is 60.2 Å². The van der Waals surface area contributed by atoms with Gasteiger partial charge in [0.1, 0.15) is 29.5 Å². The van der Waals surface area contributed by atoms with Crippen LogP contribution >= 0.6 is 11.3 Å². The predicted molar refractivity (Wildman–Crippen MR) is 279 cm³/mol. The van der Waals surface area contributed by atoms with Crippen LogP contribution < -0.4 is 31.3 Å². The summed E-state index contributed by atoms with van der Waals surface area (Å²) >= 11 is 1.66. The number of aliphatic hydroxyl groups is 2. The van der Waals surface area contributed by atoms with Crippen LogP contribution in [0.4, 0.5) is 15.8 Å². The van der Waals surface area contributed by atoms with Gasteiger partial charge in [-0.15, -0.1) is 11.3 Å². The van der Waals surface area contributed by atoms with Crippen LogP contribution in [0.25, 0.3) is 11.4 Å². The number of nitrogen functional groups attached to an aromatic ring is 1. The van der Waals surface area contributed by atoms with Gasteiger partial charge >= 0.3 is 0 Å². The Morgan fingerprint density at radius 2 is 1.81 bits per heavy atom. The zero-order valence-electron chi connectivity index (χ0n) is 42.2. The Morgan fingerprint density at radius 3 is 2.47 bits per heavy atom. The van der Waals surface area contributed by atoms with E-state index in [2.05, 4.69) is 63.9 Å². The number of carbonyl (C=O) groups excluding carboxylic acids is 3. The van der Waals surface area contributed by atoms with Gasteiger partial charge in [-0.05, 0) is 67.9 Å². The van der Waals surface area contributed by atoms with Crippen molar-refractivity contribution >= 4 is 46.1 Å². The second kappa shape index (κ2) is 24.5. The Labute approximate surface area is 425 Å². The molecule has 2 saturated heterocycles. The van der Waals surface area contributed by atoms with E-state index in [9.17, 15) is 29.0 Å². The largest absolute Gasteiger partial charge is 0.496 e. The molecule has 17 nitrogen and oxygen atoms in total. The summed E-state index contributed by atoms with van der Waals surface area (Å²) in [6.45, 7) is 11.9. The fourth-order valence-corrected chi connectivity index (χ4v) is 10.4. The van der Waals surface area contributed by atoms with Crippen LogP contribution in [0.1, 0.15) is 87.0 Å². The zero-order chi connectivity index (χ0) is 51.5. The Morgan fingerprint density at radius 1 is 1.04 bits per heavy atom. The van der Waals surface area contributed by atoms with Gasteiger partial charge in [0, 0.05) is 81.3 Å². The van der Waals surface area contributed by atoms with E-state index >= 15 is 0 Å². The van der Waals surface area contributed by atoms with Crippen LogP contribution in [0, 0.1) is 18.2 Å². The topological polar surface area (TPSA) is 224 Å². The van der Waals surface area contributed by atoms with Crippen molar-refractivity contribution in [3.8, 4) is 17.1 Å². The molecule has 4 aromatic rings.